The molecule has 0 saturated carbocycles. The van der Waals surface area contributed by atoms with Gasteiger partial charge in [0.05, 0.1) is 13.2 Å². The fourth-order valence-electron chi connectivity index (χ4n) is 1.94. The summed E-state index contributed by atoms with van der Waals surface area (Å²) < 4.78 is 146. The molecule has 0 bridgehead atoms. The van der Waals surface area contributed by atoms with Crippen molar-refractivity contribution in [3.8, 4) is 5.75 Å². The molecule has 0 fully saturated rings. The molecule has 156 valence electrons. The first kappa shape index (κ1) is 23.2. The molecule has 0 heterocycles. The Labute approximate surface area is 144 Å². The minimum atomic E-state index is -7.49. The van der Waals surface area contributed by atoms with E-state index in [1.807, 2.05) is 0 Å². The van der Waals surface area contributed by atoms with Crippen molar-refractivity contribution < 1.29 is 58.1 Å². The van der Waals surface area contributed by atoms with Crippen LogP contribution in [0.1, 0.15) is 18.1 Å². The lowest BCUT2D eigenvalue weighted by molar-refractivity contribution is -0.423. The average Bonchev–Trinajstić information content (AvgIpc) is 2.52. The molecule has 1 aromatic rings. The fraction of sp³-hybridized carbons (Fsp3) is 0.571. The number of aliphatic hydroxyl groups is 1. The maximum atomic E-state index is 13.6. The molecule has 1 atom stereocenters. The zero-order chi connectivity index (χ0) is 21.5. The van der Waals surface area contributed by atoms with Gasteiger partial charge < -0.3 is 9.84 Å². The van der Waals surface area contributed by atoms with Crippen molar-refractivity contribution in [1.82, 2.24) is 0 Å². The number of alkyl halides is 11. The van der Waals surface area contributed by atoms with Gasteiger partial charge in [0, 0.05) is 6.42 Å². The van der Waals surface area contributed by atoms with Crippen LogP contribution in [0.15, 0.2) is 24.3 Å². The molecule has 0 aliphatic rings. The second-order valence-corrected chi connectivity index (χ2v) is 5.42. The number of methoxy groups -OCH3 is 1. The molecule has 1 rings (SSSR count). The summed E-state index contributed by atoms with van der Waals surface area (Å²) >= 11 is 0. The van der Waals surface area contributed by atoms with Crippen LogP contribution in [0.5, 0.6) is 5.75 Å². The standard InChI is InChI=1S/C14H11F11O2/c1-27-8-4-2-3-7(5-8)9(26)6-10(15,16)11(17,18)12(19,20)13(21,22)14(23,24)25/h2-5,9,26H,6H2,1H3. The highest BCUT2D eigenvalue weighted by atomic mass is 19.4. The number of hydrogen-bond donors (Lipinski definition) is 1. The Balaban J connectivity index is 3.23. The normalized spacial score (nSPS) is 15.6. The molecule has 1 N–H and O–H groups in total. The maximum Gasteiger partial charge on any atom is 0.460 e. The van der Waals surface area contributed by atoms with Crippen molar-refractivity contribution in [1.29, 1.82) is 0 Å². The number of benzene rings is 1. The number of aliphatic hydroxyl groups excluding tert-OH is 1. The number of ether oxygens (including phenoxy) is 1. The van der Waals surface area contributed by atoms with Crippen LogP contribution in [-0.4, -0.2) is 42.1 Å². The average molecular weight is 420 g/mol. The van der Waals surface area contributed by atoms with Crippen LogP contribution in [-0.2, 0) is 0 Å². The van der Waals surface area contributed by atoms with Gasteiger partial charge >= 0.3 is 29.9 Å². The van der Waals surface area contributed by atoms with E-state index in [-0.39, 0.29) is 5.75 Å². The quantitative estimate of drug-likeness (QED) is 0.613. The van der Waals surface area contributed by atoms with E-state index in [1.165, 1.54) is 6.07 Å². The molecule has 2 nitrogen and oxygen atoms in total. The Morgan fingerprint density at radius 1 is 0.852 bits per heavy atom. The van der Waals surface area contributed by atoms with Gasteiger partial charge in [0.15, 0.2) is 0 Å². The fourth-order valence-corrected chi connectivity index (χ4v) is 1.94. The molecule has 13 heteroatoms. The largest absolute Gasteiger partial charge is 0.497 e. The molecular formula is C14H11F11O2. The molecule has 0 aliphatic carbocycles. The van der Waals surface area contributed by atoms with Crippen LogP contribution in [0, 0.1) is 0 Å². The molecule has 0 amide bonds. The summed E-state index contributed by atoms with van der Waals surface area (Å²) in [5, 5.41) is 9.54. The minimum Gasteiger partial charge on any atom is -0.497 e. The summed E-state index contributed by atoms with van der Waals surface area (Å²) in [5.41, 5.74) is -0.546. The van der Waals surface area contributed by atoms with Crippen LogP contribution in [0.3, 0.4) is 0 Å². The van der Waals surface area contributed by atoms with Crippen molar-refractivity contribution in [3.05, 3.63) is 29.8 Å². The Bertz CT molecular complexity index is 655. The van der Waals surface area contributed by atoms with Crippen molar-refractivity contribution in [2.75, 3.05) is 7.11 Å². The third-order valence-electron chi connectivity index (χ3n) is 3.53. The lowest BCUT2D eigenvalue weighted by Crippen LogP contribution is -2.66. The highest BCUT2D eigenvalue weighted by molar-refractivity contribution is 5.30. The molecule has 0 saturated heterocycles. The van der Waals surface area contributed by atoms with E-state index in [0.717, 1.165) is 25.3 Å². The van der Waals surface area contributed by atoms with Crippen LogP contribution < -0.4 is 4.74 Å². The van der Waals surface area contributed by atoms with E-state index in [9.17, 15) is 53.4 Å². The van der Waals surface area contributed by atoms with E-state index >= 15 is 0 Å². The number of hydrogen-bond acceptors (Lipinski definition) is 2. The van der Waals surface area contributed by atoms with E-state index in [4.69, 9.17) is 0 Å². The van der Waals surface area contributed by atoms with Crippen molar-refractivity contribution in [3.63, 3.8) is 0 Å². The highest BCUT2D eigenvalue weighted by Gasteiger charge is 2.87. The zero-order valence-corrected chi connectivity index (χ0v) is 13.1. The van der Waals surface area contributed by atoms with Crippen LogP contribution in [0.2, 0.25) is 0 Å². The monoisotopic (exact) mass is 420 g/mol. The molecule has 0 spiro atoms. The predicted molar refractivity (Wildman–Crippen MR) is 68.4 cm³/mol. The molecular weight excluding hydrogens is 409 g/mol. The molecule has 1 unspecified atom stereocenters. The number of rotatable bonds is 7. The Morgan fingerprint density at radius 3 is 1.81 bits per heavy atom. The van der Waals surface area contributed by atoms with E-state index in [2.05, 4.69) is 4.74 Å². The number of halogens is 11. The first-order valence-corrected chi connectivity index (χ1v) is 6.82. The van der Waals surface area contributed by atoms with Gasteiger partial charge in [0.1, 0.15) is 5.75 Å². The van der Waals surface area contributed by atoms with Gasteiger partial charge in [-0.25, -0.2) is 0 Å². The third kappa shape index (κ3) is 3.92. The van der Waals surface area contributed by atoms with Crippen LogP contribution in [0.25, 0.3) is 0 Å². The summed E-state index contributed by atoms with van der Waals surface area (Å²) in [6.07, 6.45) is -12.4. The SMILES string of the molecule is COc1cccc(C(O)CC(F)(F)C(F)(F)C(F)(F)C(F)(F)C(F)(F)F)c1. The zero-order valence-electron chi connectivity index (χ0n) is 13.1. The Hall–Kier alpha value is -1.79. The van der Waals surface area contributed by atoms with Gasteiger partial charge in [-0.2, -0.15) is 48.3 Å². The molecule has 0 radical (unpaired) electrons. The molecule has 1 aromatic carbocycles. The van der Waals surface area contributed by atoms with Gasteiger partial charge in [0.25, 0.3) is 0 Å². The van der Waals surface area contributed by atoms with E-state index in [1.54, 1.807) is 0 Å². The summed E-state index contributed by atoms with van der Waals surface area (Å²) in [6, 6.07) is 4.08. The summed E-state index contributed by atoms with van der Waals surface area (Å²) in [7, 11) is 1.11. The summed E-state index contributed by atoms with van der Waals surface area (Å²) in [4.78, 5) is 0. The topological polar surface area (TPSA) is 29.5 Å². The highest BCUT2D eigenvalue weighted by Crippen LogP contribution is 2.58. The van der Waals surface area contributed by atoms with Gasteiger partial charge in [-0.15, -0.1) is 0 Å². The molecule has 27 heavy (non-hydrogen) atoms. The van der Waals surface area contributed by atoms with Gasteiger partial charge in [0.2, 0.25) is 0 Å². The van der Waals surface area contributed by atoms with Crippen molar-refractivity contribution >= 4 is 0 Å². The van der Waals surface area contributed by atoms with Gasteiger partial charge in [-0.1, -0.05) is 12.1 Å². The second-order valence-electron chi connectivity index (χ2n) is 5.42. The second kappa shape index (κ2) is 6.99. The van der Waals surface area contributed by atoms with Crippen molar-refractivity contribution in [2.45, 2.75) is 42.4 Å². The van der Waals surface area contributed by atoms with Gasteiger partial charge in [-0.3, -0.25) is 0 Å². The summed E-state index contributed by atoms with van der Waals surface area (Å²) in [6.45, 7) is 0. The van der Waals surface area contributed by atoms with Gasteiger partial charge in [-0.05, 0) is 17.7 Å². The van der Waals surface area contributed by atoms with E-state index in [0.29, 0.717) is 0 Å². The van der Waals surface area contributed by atoms with E-state index < -0.39 is 48.0 Å². The third-order valence-corrected chi connectivity index (χ3v) is 3.53. The first-order chi connectivity index (χ1) is 11.9. The predicted octanol–water partition coefficient (Wildman–Crippen LogP) is 5.22. The molecule has 0 aromatic heterocycles. The first-order valence-electron chi connectivity index (χ1n) is 6.82. The lowest BCUT2D eigenvalue weighted by Gasteiger charge is -2.37. The smallest absolute Gasteiger partial charge is 0.460 e. The Morgan fingerprint density at radius 2 is 1.37 bits per heavy atom. The minimum absolute atomic E-state index is 0.0597. The van der Waals surface area contributed by atoms with Crippen molar-refractivity contribution in [2.24, 2.45) is 0 Å². The molecule has 0 aliphatic heterocycles. The maximum absolute atomic E-state index is 13.6. The lowest BCUT2D eigenvalue weighted by atomic mass is 9.92. The summed E-state index contributed by atoms with van der Waals surface area (Å²) in [5.74, 6) is -28.3. The van der Waals surface area contributed by atoms with Crippen LogP contribution in [0.4, 0.5) is 48.3 Å². The Kier molecular flexibility index (Phi) is 6.01. The van der Waals surface area contributed by atoms with Crippen LogP contribution >= 0.6 is 0 Å².